The van der Waals surface area contributed by atoms with Gasteiger partial charge in [-0.15, -0.1) is 10.2 Å². The molecule has 3 aromatic carbocycles. The SMILES string of the molecule is Cc1cc2nnc(SCC(=O)NC(C)c3cccc4ccccc34)n2c2ccccc12. The number of nitrogens with one attached hydrogen (secondary N) is 1. The number of nitrogens with zero attached hydrogens (tertiary/aromatic N) is 3. The molecule has 5 aromatic rings. The second-order valence-corrected chi connectivity index (χ2v) is 8.61. The summed E-state index contributed by atoms with van der Waals surface area (Å²) in [7, 11) is 0. The minimum absolute atomic E-state index is 0.0291. The van der Waals surface area contributed by atoms with E-state index in [0.29, 0.717) is 0 Å². The van der Waals surface area contributed by atoms with Crippen LogP contribution in [0.3, 0.4) is 0 Å². The molecule has 0 bridgehead atoms. The van der Waals surface area contributed by atoms with Crippen molar-refractivity contribution in [2.24, 2.45) is 0 Å². The van der Waals surface area contributed by atoms with Gasteiger partial charge in [0.1, 0.15) is 0 Å². The largest absolute Gasteiger partial charge is 0.349 e. The van der Waals surface area contributed by atoms with E-state index in [2.05, 4.69) is 58.8 Å². The first-order valence-corrected chi connectivity index (χ1v) is 11.2. The summed E-state index contributed by atoms with van der Waals surface area (Å²) in [4.78, 5) is 12.7. The van der Waals surface area contributed by atoms with E-state index in [0.717, 1.165) is 38.2 Å². The molecule has 1 amide bonds. The van der Waals surface area contributed by atoms with E-state index in [4.69, 9.17) is 0 Å². The van der Waals surface area contributed by atoms with Crippen LogP contribution in [-0.4, -0.2) is 26.3 Å². The number of aromatic nitrogens is 3. The second-order valence-electron chi connectivity index (χ2n) is 7.67. The van der Waals surface area contributed by atoms with Crippen molar-refractivity contribution in [3.63, 3.8) is 0 Å². The average Bonchev–Trinajstić information content (AvgIpc) is 3.20. The van der Waals surface area contributed by atoms with Crippen LogP contribution in [-0.2, 0) is 4.79 Å². The minimum Gasteiger partial charge on any atom is -0.349 e. The van der Waals surface area contributed by atoms with E-state index < -0.39 is 0 Å². The molecule has 6 heteroatoms. The van der Waals surface area contributed by atoms with Crippen LogP contribution in [0.5, 0.6) is 0 Å². The molecule has 0 radical (unpaired) electrons. The molecule has 2 heterocycles. The van der Waals surface area contributed by atoms with Gasteiger partial charge in [0.2, 0.25) is 5.91 Å². The third kappa shape index (κ3) is 3.64. The zero-order valence-electron chi connectivity index (χ0n) is 17.4. The molecule has 0 aliphatic rings. The lowest BCUT2D eigenvalue weighted by molar-refractivity contribution is -0.119. The maximum Gasteiger partial charge on any atom is 0.230 e. The molecule has 0 saturated heterocycles. The van der Waals surface area contributed by atoms with E-state index in [-0.39, 0.29) is 17.7 Å². The minimum atomic E-state index is -0.0853. The van der Waals surface area contributed by atoms with Gasteiger partial charge in [0.15, 0.2) is 10.8 Å². The Morgan fingerprint density at radius 3 is 2.61 bits per heavy atom. The molecule has 154 valence electrons. The summed E-state index contributed by atoms with van der Waals surface area (Å²) in [6, 6.07) is 24.6. The van der Waals surface area contributed by atoms with Crippen LogP contribution in [0.25, 0.3) is 27.3 Å². The summed E-state index contributed by atoms with van der Waals surface area (Å²) in [6.45, 7) is 4.10. The second kappa shape index (κ2) is 8.04. The van der Waals surface area contributed by atoms with Gasteiger partial charge in [0.25, 0.3) is 0 Å². The number of para-hydroxylation sites is 1. The number of pyridine rings is 1. The predicted molar refractivity (Wildman–Crippen MR) is 126 cm³/mol. The van der Waals surface area contributed by atoms with Gasteiger partial charge in [-0.2, -0.15) is 0 Å². The molecule has 0 aliphatic carbocycles. The molecule has 1 atom stereocenters. The number of hydrogen-bond donors (Lipinski definition) is 1. The van der Waals surface area contributed by atoms with Crippen LogP contribution in [0.4, 0.5) is 0 Å². The maximum absolute atomic E-state index is 12.7. The van der Waals surface area contributed by atoms with Crippen molar-refractivity contribution in [1.29, 1.82) is 0 Å². The van der Waals surface area contributed by atoms with Crippen LogP contribution < -0.4 is 5.32 Å². The summed E-state index contributed by atoms with van der Waals surface area (Å²) in [5.41, 5.74) is 4.12. The number of carbonyl (C=O) groups excluding carboxylic acids is 1. The van der Waals surface area contributed by atoms with Crippen molar-refractivity contribution in [2.75, 3.05) is 5.75 Å². The highest BCUT2D eigenvalue weighted by atomic mass is 32.2. The number of benzene rings is 3. The van der Waals surface area contributed by atoms with Gasteiger partial charge in [-0.05, 0) is 47.9 Å². The maximum atomic E-state index is 12.7. The summed E-state index contributed by atoms with van der Waals surface area (Å²) in [5, 5.41) is 16.0. The molecule has 0 aliphatic heterocycles. The van der Waals surface area contributed by atoms with E-state index >= 15 is 0 Å². The lowest BCUT2D eigenvalue weighted by Gasteiger charge is -2.16. The monoisotopic (exact) mass is 426 g/mol. The number of thioether (sulfide) groups is 1. The van der Waals surface area contributed by atoms with Crippen molar-refractivity contribution in [2.45, 2.75) is 25.0 Å². The van der Waals surface area contributed by atoms with Gasteiger partial charge in [0, 0.05) is 5.39 Å². The molecule has 1 unspecified atom stereocenters. The first-order chi connectivity index (χ1) is 15.1. The average molecular weight is 427 g/mol. The first-order valence-electron chi connectivity index (χ1n) is 10.2. The predicted octanol–water partition coefficient (Wildman–Crippen LogP) is 5.31. The normalized spacial score (nSPS) is 12.5. The van der Waals surface area contributed by atoms with Crippen LogP contribution in [0, 0.1) is 6.92 Å². The summed E-state index contributed by atoms with van der Waals surface area (Å²) in [5.74, 6) is 0.247. The van der Waals surface area contributed by atoms with Gasteiger partial charge < -0.3 is 5.32 Å². The summed E-state index contributed by atoms with van der Waals surface area (Å²) in [6.07, 6.45) is 0. The first kappa shape index (κ1) is 19.6. The molecular formula is C25H22N4OS. The highest BCUT2D eigenvalue weighted by molar-refractivity contribution is 7.99. The number of hydrogen-bond acceptors (Lipinski definition) is 4. The van der Waals surface area contributed by atoms with Gasteiger partial charge in [0.05, 0.1) is 17.3 Å². The highest BCUT2D eigenvalue weighted by Gasteiger charge is 2.15. The number of fused-ring (bicyclic) bond motifs is 4. The van der Waals surface area contributed by atoms with Crippen LogP contribution in [0.1, 0.15) is 24.1 Å². The van der Waals surface area contributed by atoms with Gasteiger partial charge >= 0.3 is 0 Å². The zero-order valence-corrected chi connectivity index (χ0v) is 18.2. The quantitative estimate of drug-likeness (QED) is 0.387. The van der Waals surface area contributed by atoms with Crippen molar-refractivity contribution < 1.29 is 4.79 Å². The van der Waals surface area contributed by atoms with E-state index in [1.165, 1.54) is 17.1 Å². The third-order valence-electron chi connectivity index (χ3n) is 5.57. The molecule has 0 spiro atoms. The van der Waals surface area contributed by atoms with Gasteiger partial charge in [-0.1, -0.05) is 72.4 Å². The Labute approximate surface area is 184 Å². The van der Waals surface area contributed by atoms with E-state index in [1.807, 2.05) is 47.7 Å². The van der Waals surface area contributed by atoms with Crippen LogP contribution >= 0.6 is 11.8 Å². The third-order valence-corrected chi connectivity index (χ3v) is 6.50. The van der Waals surface area contributed by atoms with Crippen molar-refractivity contribution in [3.05, 3.63) is 83.9 Å². The van der Waals surface area contributed by atoms with Gasteiger partial charge in [-0.25, -0.2) is 0 Å². The lowest BCUT2D eigenvalue weighted by Crippen LogP contribution is -2.28. The van der Waals surface area contributed by atoms with E-state index in [1.54, 1.807) is 0 Å². The van der Waals surface area contributed by atoms with Crippen molar-refractivity contribution >= 4 is 45.0 Å². The molecule has 2 aromatic heterocycles. The molecule has 0 saturated carbocycles. The van der Waals surface area contributed by atoms with Gasteiger partial charge in [-0.3, -0.25) is 9.20 Å². The molecule has 0 fully saturated rings. The lowest BCUT2D eigenvalue weighted by atomic mass is 10.00. The Bertz CT molecular complexity index is 1420. The number of amides is 1. The fourth-order valence-corrected chi connectivity index (χ4v) is 4.85. The Hall–Kier alpha value is -3.38. The fourth-order valence-electron chi connectivity index (χ4n) is 4.09. The Morgan fingerprint density at radius 2 is 1.74 bits per heavy atom. The summed E-state index contributed by atoms with van der Waals surface area (Å²) < 4.78 is 2.02. The van der Waals surface area contributed by atoms with E-state index in [9.17, 15) is 4.79 Å². The molecular weight excluding hydrogens is 404 g/mol. The van der Waals surface area contributed by atoms with Crippen molar-refractivity contribution in [1.82, 2.24) is 19.9 Å². The Morgan fingerprint density at radius 1 is 1.00 bits per heavy atom. The topological polar surface area (TPSA) is 59.3 Å². The number of rotatable bonds is 5. The molecule has 5 rings (SSSR count). The number of aryl methyl sites for hydroxylation is 1. The zero-order chi connectivity index (χ0) is 21.4. The highest BCUT2D eigenvalue weighted by Crippen LogP contribution is 2.27. The Balaban J connectivity index is 1.35. The fraction of sp³-hybridized carbons (Fsp3) is 0.160. The molecule has 31 heavy (non-hydrogen) atoms. The smallest absolute Gasteiger partial charge is 0.230 e. The number of carbonyl (C=O) groups is 1. The standard InChI is InChI=1S/C25H22N4OS/c1-16-14-23-27-28-25(29(23)22-13-6-5-10-19(16)22)31-15-24(30)26-17(2)20-12-7-9-18-8-3-4-11-21(18)20/h3-14,17H,15H2,1-2H3,(H,26,30). The molecule has 1 N–H and O–H groups in total. The van der Waals surface area contributed by atoms with Crippen LogP contribution in [0.15, 0.2) is 78.0 Å². The van der Waals surface area contributed by atoms with Crippen molar-refractivity contribution in [3.8, 4) is 0 Å². The summed E-state index contributed by atoms with van der Waals surface area (Å²) >= 11 is 1.40. The van der Waals surface area contributed by atoms with Crippen LogP contribution in [0.2, 0.25) is 0 Å². The Kier molecular flexibility index (Phi) is 5.08. The molecule has 5 nitrogen and oxygen atoms in total.